The molecular weight excluding hydrogens is 340 g/mol. The summed E-state index contributed by atoms with van der Waals surface area (Å²) in [6.45, 7) is 16.5. The molecule has 8 nitrogen and oxygen atoms in total. The molecule has 0 aromatic rings. The van der Waals surface area contributed by atoms with Gasteiger partial charge in [-0.2, -0.15) is 0 Å². The molecule has 0 spiro atoms. The number of hydrogen-bond acceptors (Lipinski definition) is 6. The van der Waals surface area contributed by atoms with Gasteiger partial charge in [0.1, 0.15) is 11.6 Å². The Hall–Kier alpha value is -2.12. The first-order chi connectivity index (χ1) is 12.0. The summed E-state index contributed by atoms with van der Waals surface area (Å²) in [5.41, 5.74) is -0.712. The van der Waals surface area contributed by atoms with Crippen LogP contribution in [0.25, 0.3) is 0 Å². The summed E-state index contributed by atoms with van der Waals surface area (Å²) in [6.07, 6.45) is -0.752. The molecule has 1 rings (SSSR count). The Balaban J connectivity index is 0. The summed E-state index contributed by atoms with van der Waals surface area (Å²) in [5, 5.41) is 2.84. The molecule has 1 aliphatic heterocycles. The minimum absolute atomic E-state index is 0.0119. The number of imide groups is 1. The monoisotopic (exact) mass is 374 g/mol. The maximum atomic E-state index is 12.1. The van der Waals surface area contributed by atoms with Crippen molar-refractivity contribution in [1.29, 1.82) is 0 Å². The van der Waals surface area contributed by atoms with Gasteiger partial charge >= 0.3 is 12.1 Å². The van der Waals surface area contributed by atoms with E-state index in [0.29, 0.717) is 5.06 Å². The maximum absolute atomic E-state index is 12.1. The molecule has 3 amide bonds. The van der Waals surface area contributed by atoms with E-state index in [-0.39, 0.29) is 18.8 Å². The highest BCUT2D eigenvalue weighted by Crippen LogP contribution is 2.15. The maximum Gasteiger partial charge on any atom is 0.408 e. The zero-order valence-corrected chi connectivity index (χ0v) is 17.5. The van der Waals surface area contributed by atoms with Crippen LogP contribution in [0.5, 0.6) is 0 Å². The summed E-state index contributed by atoms with van der Waals surface area (Å²) in [7, 11) is 0. The van der Waals surface area contributed by atoms with E-state index >= 15 is 0 Å². The Morgan fingerprint density at radius 3 is 1.77 bits per heavy atom. The standard InChI is InChI=1S/C14H22N2O6.2C2H6/c1-8(2)11(15-13(20)21-14(3,4)5)12(19)22-16-9(17)6-7-10(16)18;2*1-2/h8,11H,6-7H2,1-5H3,(H,15,20);2*1-2H3. The van der Waals surface area contributed by atoms with E-state index in [9.17, 15) is 19.2 Å². The number of carbonyl (C=O) groups is 4. The molecule has 152 valence electrons. The van der Waals surface area contributed by atoms with E-state index in [2.05, 4.69) is 5.32 Å². The highest BCUT2D eigenvalue weighted by molar-refractivity contribution is 6.01. The molecule has 0 aliphatic carbocycles. The van der Waals surface area contributed by atoms with Crippen molar-refractivity contribution in [2.24, 2.45) is 5.92 Å². The molecule has 1 fully saturated rings. The first kappa shape index (κ1) is 26.1. The molecule has 0 bridgehead atoms. The fraction of sp³-hybridized carbons (Fsp3) is 0.778. The summed E-state index contributed by atoms with van der Waals surface area (Å²) >= 11 is 0. The predicted octanol–water partition coefficient (Wildman–Crippen LogP) is 3.20. The van der Waals surface area contributed by atoms with Crippen molar-refractivity contribution < 1.29 is 28.8 Å². The average molecular weight is 374 g/mol. The largest absolute Gasteiger partial charge is 0.444 e. The molecule has 0 saturated carbocycles. The molecule has 1 N–H and O–H groups in total. The highest BCUT2D eigenvalue weighted by atomic mass is 16.7. The zero-order chi connectivity index (χ0) is 21.1. The van der Waals surface area contributed by atoms with Crippen LogP contribution in [-0.2, 0) is 24.0 Å². The summed E-state index contributed by atoms with van der Waals surface area (Å²) in [5.74, 6) is -2.34. The van der Waals surface area contributed by atoms with Crippen LogP contribution in [0.2, 0.25) is 0 Å². The van der Waals surface area contributed by atoms with Crippen molar-refractivity contribution in [2.75, 3.05) is 0 Å². The third-order valence-electron chi connectivity index (χ3n) is 2.78. The Morgan fingerprint density at radius 2 is 1.42 bits per heavy atom. The lowest BCUT2D eigenvalue weighted by molar-refractivity contribution is -0.199. The van der Waals surface area contributed by atoms with Crippen LogP contribution < -0.4 is 5.32 Å². The molecule has 1 atom stereocenters. The quantitative estimate of drug-likeness (QED) is 0.758. The number of ether oxygens (including phenoxy) is 1. The Bertz CT molecular complexity index is 467. The number of rotatable bonds is 4. The van der Waals surface area contributed by atoms with E-state index in [1.54, 1.807) is 34.6 Å². The highest BCUT2D eigenvalue weighted by Gasteiger charge is 2.36. The van der Waals surface area contributed by atoms with Crippen LogP contribution in [0, 0.1) is 5.92 Å². The number of hydrogen-bond donors (Lipinski definition) is 1. The van der Waals surface area contributed by atoms with Gasteiger partial charge in [0.15, 0.2) is 0 Å². The molecular formula is C18H34N2O6. The molecule has 8 heteroatoms. The molecule has 0 radical (unpaired) electrons. The van der Waals surface area contributed by atoms with Gasteiger partial charge in [-0.3, -0.25) is 9.59 Å². The Morgan fingerprint density at radius 1 is 1.00 bits per heavy atom. The van der Waals surface area contributed by atoms with Gasteiger partial charge in [-0.15, -0.1) is 5.06 Å². The zero-order valence-electron chi connectivity index (χ0n) is 17.5. The number of hydroxylamine groups is 2. The van der Waals surface area contributed by atoms with Gasteiger partial charge in [0.05, 0.1) is 0 Å². The first-order valence-corrected chi connectivity index (χ1v) is 9.08. The van der Waals surface area contributed by atoms with E-state index in [0.717, 1.165) is 0 Å². The average Bonchev–Trinajstić information content (AvgIpc) is 2.86. The van der Waals surface area contributed by atoms with Crippen molar-refractivity contribution >= 4 is 23.9 Å². The molecule has 1 unspecified atom stereocenters. The lowest BCUT2D eigenvalue weighted by Crippen LogP contribution is -2.49. The van der Waals surface area contributed by atoms with Crippen molar-refractivity contribution in [3.05, 3.63) is 0 Å². The second-order valence-electron chi connectivity index (χ2n) is 6.36. The van der Waals surface area contributed by atoms with Crippen LogP contribution in [0.15, 0.2) is 0 Å². The van der Waals surface area contributed by atoms with Crippen molar-refractivity contribution in [3.8, 4) is 0 Å². The normalized spacial score (nSPS) is 14.6. The van der Waals surface area contributed by atoms with Gasteiger partial charge in [-0.25, -0.2) is 9.59 Å². The predicted molar refractivity (Wildman–Crippen MR) is 97.9 cm³/mol. The number of nitrogens with zero attached hydrogens (tertiary/aromatic N) is 1. The molecule has 1 saturated heterocycles. The van der Waals surface area contributed by atoms with Crippen molar-refractivity contribution in [1.82, 2.24) is 10.4 Å². The topological polar surface area (TPSA) is 102 Å². The van der Waals surface area contributed by atoms with Gasteiger partial charge < -0.3 is 14.9 Å². The third kappa shape index (κ3) is 9.39. The number of nitrogens with one attached hydrogen (secondary N) is 1. The lowest BCUT2D eigenvalue weighted by Gasteiger charge is -2.25. The second kappa shape index (κ2) is 12.3. The van der Waals surface area contributed by atoms with Gasteiger partial charge in [0.2, 0.25) is 0 Å². The number of amides is 3. The van der Waals surface area contributed by atoms with Crippen LogP contribution in [0.1, 0.15) is 75.2 Å². The minimum atomic E-state index is -1.03. The van der Waals surface area contributed by atoms with Crippen LogP contribution in [0.3, 0.4) is 0 Å². The minimum Gasteiger partial charge on any atom is -0.444 e. The van der Waals surface area contributed by atoms with Crippen LogP contribution in [-0.4, -0.2) is 40.6 Å². The summed E-state index contributed by atoms with van der Waals surface area (Å²) in [4.78, 5) is 51.5. The summed E-state index contributed by atoms with van der Waals surface area (Å²) in [6, 6.07) is -1.03. The molecule has 0 aromatic heterocycles. The molecule has 1 aliphatic rings. The fourth-order valence-corrected chi connectivity index (χ4v) is 1.74. The van der Waals surface area contributed by atoms with Gasteiger partial charge in [0.25, 0.3) is 11.8 Å². The molecule has 0 aromatic carbocycles. The summed E-state index contributed by atoms with van der Waals surface area (Å²) < 4.78 is 5.08. The van der Waals surface area contributed by atoms with E-state index in [4.69, 9.17) is 9.57 Å². The van der Waals surface area contributed by atoms with Crippen LogP contribution in [0.4, 0.5) is 4.79 Å². The van der Waals surface area contributed by atoms with E-state index < -0.39 is 35.5 Å². The van der Waals surface area contributed by atoms with E-state index in [1.807, 2.05) is 27.7 Å². The van der Waals surface area contributed by atoms with Gasteiger partial charge in [0, 0.05) is 12.8 Å². The first-order valence-electron chi connectivity index (χ1n) is 9.08. The van der Waals surface area contributed by atoms with Crippen LogP contribution >= 0.6 is 0 Å². The number of alkyl carbamates (subject to hydrolysis) is 1. The second-order valence-corrected chi connectivity index (χ2v) is 6.36. The SMILES string of the molecule is CC.CC.CC(C)C(NC(=O)OC(C)(C)C)C(=O)ON1C(=O)CCC1=O. The fourth-order valence-electron chi connectivity index (χ4n) is 1.74. The third-order valence-corrected chi connectivity index (χ3v) is 2.78. The van der Waals surface area contributed by atoms with E-state index in [1.165, 1.54) is 0 Å². The smallest absolute Gasteiger partial charge is 0.408 e. The molecule has 26 heavy (non-hydrogen) atoms. The molecule has 1 heterocycles. The lowest BCUT2D eigenvalue weighted by atomic mass is 10.1. The van der Waals surface area contributed by atoms with Crippen molar-refractivity contribution in [3.63, 3.8) is 0 Å². The Kier molecular flexibility index (Phi) is 12.3. The van der Waals surface area contributed by atoms with Gasteiger partial charge in [-0.1, -0.05) is 41.5 Å². The van der Waals surface area contributed by atoms with Gasteiger partial charge in [-0.05, 0) is 26.7 Å². The Labute approximate surface area is 156 Å². The van der Waals surface area contributed by atoms with Crippen molar-refractivity contribution in [2.45, 2.75) is 86.8 Å². The number of carbonyl (C=O) groups excluding carboxylic acids is 4.